The van der Waals surface area contributed by atoms with Crippen LogP contribution in [0.4, 0.5) is 0 Å². The van der Waals surface area contributed by atoms with Crippen molar-refractivity contribution >= 4 is 0 Å². The molecule has 0 N–H and O–H groups in total. The van der Waals surface area contributed by atoms with Gasteiger partial charge in [0, 0.05) is 6.42 Å². The largest absolute Gasteiger partial charge is 0.427 e. The fraction of sp³-hybridized carbons (Fsp3) is 0.105. The van der Waals surface area contributed by atoms with Crippen LogP contribution in [0.15, 0.2) is 82.0 Å². The molecule has 0 aliphatic rings. The van der Waals surface area contributed by atoms with Crippen LogP contribution in [0.25, 0.3) is 11.1 Å². The zero-order chi connectivity index (χ0) is 14.5. The summed E-state index contributed by atoms with van der Waals surface area (Å²) < 4.78 is 5.43. The minimum atomic E-state index is -0.272. The first kappa shape index (κ1) is 13.4. The molecule has 2 heteroatoms. The lowest BCUT2D eigenvalue weighted by molar-refractivity contribution is 0.460. The van der Waals surface area contributed by atoms with Gasteiger partial charge in [-0.15, -0.1) is 0 Å². The molecule has 2 aromatic carbocycles. The summed E-state index contributed by atoms with van der Waals surface area (Å²) >= 11 is 0. The predicted molar refractivity (Wildman–Crippen MR) is 84.3 cm³/mol. The average molecular weight is 276 g/mol. The van der Waals surface area contributed by atoms with Crippen LogP contribution in [0.5, 0.6) is 0 Å². The highest BCUT2D eigenvalue weighted by atomic mass is 16.4. The van der Waals surface area contributed by atoms with E-state index in [0.29, 0.717) is 5.56 Å². The van der Waals surface area contributed by atoms with E-state index >= 15 is 0 Å². The van der Waals surface area contributed by atoms with Gasteiger partial charge < -0.3 is 4.42 Å². The second-order valence-corrected chi connectivity index (χ2v) is 4.95. The predicted octanol–water partition coefficient (Wildman–Crippen LogP) is 4.09. The molecule has 0 amide bonds. The van der Waals surface area contributed by atoms with Crippen LogP contribution in [-0.2, 0) is 12.8 Å². The minimum absolute atomic E-state index is 0.272. The third kappa shape index (κ3) is 3.29. The van der Waals surface area contributed by atoms with Crippen molar-refractivity contribution in [3.8, 4) is 11.1 Å². The first-order valence-electron chi connectivity index (χ1n) is 7.05. The van der Waals surface area contributed by atoms with Crippen molar-refractivity contribution in [3.05, 3.63) is 94.5 Å². The van der Waals surface area contributed by atoms with Gasteiger partial charge in [0.2, 0.25) is 0 Å². The SMILES string of the molecule is O=c1oc(CCc2ccccc2)ccc1-c1ccccc1. The molecule has 2 nitrogen and oxygen atoms in total. The van der Waals surface area contributed by atoms with Crippen LogP contribution in [-0.4, -0.2) is 0 Å². The summed E-state index contributed by atoms with van der Waals surface area (Å²) in [6.07, 6.45) is 1.60. The van der Waals surface area contributed by atoms with Gasteiger partial charge in [0.15, 0.2) is 0 Å². The summed E-state index contributed by atoms with van der Waals surface area (Å²) in [5.41, 5.74) is 2.47. The van der Waals surface area contributed by atoms with Crippen molar-refractivity contribution < 1.29 is 4.42 Å². The van der Waals surface area contributed by atoms with Gasteiger partial charge in [0.05, 0.1) is 5.56 Å². The van der Waals surface area contributed by atoms with E-state index in [-0.39, 0.29) is 5.63 Å². The van der Waals surface area contributed by atoms with E-state index in [2.05, 4.69) is 12.1 Å². The lowest BCUT2D eigenvalue weighted by Gasteiger charge is -2.03. The van der Waals surface area contributed by atoms with E-state index in [9.17, 15) is 4.79 Å². The van der Waals surface area contributed by atoms with Crippen molar-refractivity contribution in [1.29, 1.82) is 0 Å². The number of aryl methyl sites for hydroxylation is 2. The maximum atomic E-state index is 12.1. The zero-order valence-electron chi connectivity index (χ0n) is 11.7. The van der Waals surface area contributed by atoms with E-state index in [1.54, 1.807) is 0 Å². The Hall–Kier alpha value is -2.61. The lowest BCUT2D eigenvalue weighted by Crippen LogP contribution is -2.05. The highest BCUT2D eigenvalue weighted by molar-refractivity contribution is 5.61. The normalized spacial score (nSPS) is 10.5. The molecule has 1 heterocycles. The molecule has 0 atom stereocenters. The Morgan fingerprint density at radius 2 is 1.38 bits per heavy atom. The highest BCUT2D eigenvalue weighted by Crippen LogP contribution is 2.15. The first-order chi connectivity index (χ1) is 10.3. The Kier molecular flexibility index (Phi) is 3.97. The summed E-state index contributed by atoms with van der Waals surface area (Å²) in [5, 5.41) is 0. The molecule has 3 rings (SSSR count). The van der Waals surface area contributed by atoms with Crippen LogP contribution >= 0.6 is 0 Å². The number of hydrogen-bond donors (Lipinski definition) is 0. The van der Waals surface area contributed by atoms with Gasteiger partial charge >= 0.3 is 5.63 Å². The molecule has 1 aromatic heterocycles. The molecular formula is C19H16O2. The Balaban J connectivity index is 1.77. The number of rotatable bonds is 4. The second-order valence-electron chi connectivity index (χ2n) is 4.95. The molecule has 104 valence electrons. The highest BCUT2D eigenvalue weighted by Gasteiger charge is 2.06. The third-order valence-corrected chi connectivity index (χ3v) is 3.47. The molecule has 0 aliphatic heterocycles. The Morgan fingerprint density at radius 3 is 2.05 bits per heavy atom. The van der Waals surface area contributed by atoms with Crippen LogP contribution in [0.1, 0.15) is 11.3 Å². The molecule has 0 unspecified atom stereocenters. The number of benzene rings is 2. The molecule has 0 fully saturated rings. The maximum Gasteiger partial charge on any atom is 0.343 e. The van der Waals surface area contributed by atoms with Gasteiger partial charge in [-0.2, -0.15) is 0 Å². The smallest absolute Gasteiger partial charge is 0.343 e. The Morgan fingerprint density at radius 1 is 0.714 bits per heavy atom. The van der Waals surface area contributed by atoms with E-state index < -0.39 is 0 Å². The molecule has 0 radical (unpaired) electrons. The molecule has 0 bridgehead atoms. The summed E-state index contributed by atoms with van der Waals surface area (Å²) in [7, 11) is 0. The van der Waals surface area contributed by atoms with Gasteiger partial charge in [0.25, 0.3) is 0 Å². The zero-order valence-corrected chi connectivity index (χ0v) is 11.7. The average Bonchev–Trinajstić information content (AvgIpc) is 2.55. The standard InChI is InChI=1S/C19H16O2/c20-19-18(16-9-5-2-6-10-16)14-13-17(21-19)12-11-15-7-3-1-4-8-15/h1-10,13-14H,11-12H2. The fourth-order valence-electron chi connectivity index (χ4n) is 2.33. The molecular weight excluding hydrogens is 260 g/mol. The van der Waals surface area contributed by atoms with Crippen LogP contribution in [0.2, 0.25) is 0 Å². The molecule has 0 saturated heterocycles. The van der Waals surface area contributed by atoms with Gasteiger partial charge in [-0.05, 0) is 29.7 Å². The fourth-order valence-corrected chi connectivity index (χ4v) is 2.33. The minimum Gasteiger partial charge on any atom is -0.427 e. The van der Waals surface area contributed by atoms with Crippen LogP contribution < -0.4 is 5.63 Å². The number of hydrogen-bond acceptors (Lipinski definition) is 2. The Labute approximate surface area is 123 Å². The molecule has 21 heavy (non-hydrogen) atoms. The monoisotopic (exact) mass is 276 g/mol. The van der Waals surface area contributed by atoms with Gasteiger partial charge in [0.1, 0.15) is 5.76 Å². The third-order valence-electron chi connectivity index (χ3n) is 3.47. The van der Waals surface area contributed by atoms with Crippen molar-refractivity contribution in [2.45, 2.75) is 12.8 Å². The molecule has 3 aromatic rings. The van der Waals surface area contributed by atoms with Crippen molar-refractivity contribution in [2.75, 3.05) is 0 Å². The van der Waals surface area contributed by atoms with E-state index in [1.807, 2.05) is 60.7 Å². The van der Waals surface area contributed by atoms with Crippen molar-refractivity contribution in [1.82, 2.24) is 0 Å². The van der Waals surface area contributed by atoms with E-state index in [4.69, 9.17) is 4.42 Å². The molecule has 0 spiro atoms. The summed E-state index contributed by atoms with van der Waals surface area (Å²) in [4.78, 5) is 12.1. The molecule has 0 saturated carbocycles. The topological polar surface area (TPSA) is 30.2 Å². The Bertz CT molecular complexity index is 758. The van der Waals surface area contributed by atoms with E-state index in [0.717, 1.165) is 24.2 Å². The van der Waals surface area contributed by atoms with Gasteiger partial charge in [-0.25, -0.2) is 4.79 Å². The molecule has 0 aliphatic carbocycles. The van der Waals surface area contributed by atoms with Crippen molar-refractivity contribution in [3.63, 3.8) is 0 Å². The first-order valence-corrected chi connectivity index (χ1v) is 7.05. The van der Waals surface area contributed by atoms with Gasteiger partial charge in [-0.3, -0.25) is 0 Å². The summed E-state index contributed by atoms with van der Waals surface area (Å²) in [6.45, 7) is 0. The van der Waals surface area contributed by atoms with E-state index in [1.165, 1.54) is 5.56 Å². The summed E-state index contributed by atoms with van der Waals surface area (Å²) in [5.74, 6) is 0.725. The summed E-state index contributed by atoms with van der Waals surface area (Å²) in [6, 6.07) is 23.5. The van der Waals surface area contributed by atoms with Crippen LogP contribution in [0, 0.1) is 0 Å². The van der Waals surface area contributed by atoms with Crippen molar-refractivity contribution in [2.24, 2.45) is 0 Å². The lowest BCUT2D eigenvalue weighted by atomic mass is 10.1. The maximum absolute atomic E-state index is 12.1. The quantitative estimate of drug-likeness (QED) is 0.718. The second kappa shape index (κ2) is 6.23. The van der Waals surface area contributed by atoms with Gasteiger partial charge in [-0.1, -0.05) is 60.7 Å². The van der Waals surface area contributed by atoms with Crippen LogP contribution in [0.3, 0.4) is 0 Å².